The highest BCUT2D eigenvalue weighted by atomic mass is 19.3. The summed E-state index contributed by atoms with van der Waals surface area (Å²) in [6, 6.07) is 5.52. The molecule has 0 bridgehead atoms. The standard InChI is InChI=1S/C11H14F2N4/c1-16-6-2-3-9(16)7-14-8-10-4-5-15-17(10)11(12)13/h2-6,11,14H,7-8H2,1H3. The van der Waals surface area contributed by atoms with Gasteiger partial charge in [-0.3, -0.25) is 0 Å². The second-order valence-electron chi connectivity index (χ2n) is 3.76. The molecule has 6 heteroatoms. The van der Waals surface area contributed by atoms with Gasteiger partial charge in [0.25, 0.3) is 0 Å². The fraction of sp³-hybridized carbons (Fsp3) is 0.364. The molecule has 0 aliphatic heterocycles. The molecule has 2 rings (SSSR count). The van der Waals surface area contributed by atoms with Gasteiger partial charge in [-0.1, -0.05) is 0 Å². The van der Waals surface area contributed by atoms with Crippen LogP contribution in [-0.4, -0.2) is 14.3 Å². The van der Waals surface area contributed by atoms with Crippen molar-refractivity contribution in [2.24, 2.45) is 7.05 Å². The van der Waals surface area contributed by atoms with E-state index < -0.39 is 6.55 Å². The van der Waals surface area contributed by atoms with E-state index in [9.17, 15) is 8.78 Å². The van der Waals surface area contributed by atoms with Gasteiger partial charge in [-0.05, 0) is 18.2 Å². The van der Waals surface area contributed by atoms with Crippen LogP contribution in [0, 0.1) is 0 Å². The van der Waals surface area contributed by atoms with Crippen molar-refractivity contribution in [1.29, 1.82) is 0 Å². The van der Waals surface area contributed by atoms with Gasteiger partial charge < -0.3 is 9.88 Å². The number of hydrogen-bond donors (Lipinski definition) is 1. The smallest absolute Gasteiger partial charge is 0.333 e. The van der Waals surface area contributed by atoms with Gasteiger partial charge in [-0.15, -0.1) is 0 Å². The number of hydrogen-bond acceptors (Lipinski definition) is 2. The Morgan fingerprint density at radius 1 is 1.29 bits per heavy atom. The first-order valence-electron chi connectivity index (χ1n) is 5.30. The molecule has 0 radical (unpaired) electrons. The summed E-state index contributed by atoms with van der Waals surface area (Å²) in [5.74, 6) is 0. The number of rotatable bonds is 5. The Labute approximate surface area is 97.9 Å². The maximum Gasteiger partial charge on any atom is 0.333 e. The fourth-order valence-corrected chi connectivity index (χ4v) is 1.66. The van der Waals surface area contributed by atoms with Gasteiger partial charge in [-0.25, -0.2) is 4.68 Å². The molecule has 2 aromatic heterocycles. The molecule has 0 atom stereocenters. The van der Waals surface area contributed by atoms with Crippen LogP contribution in [0.1, 0.15) is 17.9 Å². The lowest BCUT2D eigenvalue weighted by Crippen LogP contribution is -2.18. The molecule has 2 aromatic rings. The van der Waals surface area contributed by atoms with E-state index in [-0.39, 0.29) is 0 Å². The first kappa shape index (κ1) is 11.8. The molecule has 0 saturated carbocycles. The zero-order valence-corrected chi connectivity index (χ0v) is 9.48. The van der Waals surface area contributed by atoms with Crippen LogP contribution < -0.4 is 5.32 Å². The van der Waals surface area contributed by atoms with Gasteiger partial charge in [0.15, 0.2) is 0 Å². The highest BCUT2D eigenvalue weighted by molar-refractivity contribution is 5.07. The zero-order valence-electron chi connectivity index (χ0n) is 9.48. The van der Waals surface area contributed by atoms with Gasteiger partial charge in [0.1, 0.15) is 0 Å². The van der Waals surface area contributed by atoms with Crippen LogP contribution in [0.25, 0.3) is 0 Å². The maximum atomic E-state index is 12.5. The predicted octanol–water partition coefficient (Wildman–Crippen LogP) is 1.91. The Morgan fingerprint density at radius 3 is 2.71 bits per heavy atom. The van der Waals surface area contributed by atoms with Crippen LogP contribution in [0.3, 0.4) is 0 Å². The van der Waals surface area contributed by atoms with Crippen molar-refractivity contribution in [3.05, 3.63) is 42.0 Å². The molecule has 0 aromatic carbocycles. The van der Waals surface area contributed by atoms with Crippen molar-refractivity contribution < 1.29 is 8.78 Å². The molecule has 0 aliphatic rings. The van der Waals surface area contributed by atoms with E-state index in [0.29, 0.717) is 18.8 Å². The minimum atomic E-state index is -2.59. The Bertz CT molecular complexity index is 475. The SMILES string of the molecule is Cn1cccc1CNCc1ccnn1C(F)F. The normalized spacial score (nSPS) is 11.3. The van der Waals surface area contributed by atoms with E-state index in [4.69, 9.17) is 0 Å². The number of alkyl halides is 2. The van der Waals surface area contributed by atoms with Crippen LogP contribution >= 0.6 is 0 Å². The lowest BCUT2D eigenvalue weighted by molar-refractivity contribution is 0.0531. The summed E-state index contributed by atoms with van der Waals surface area (Å²) < 4.78 is 27.7. The summed E-state index contributed by atoms with van der Waals surface area (Å²) in [4.78, 5) is 0. The van der Waals surface area contributed by atoms with Gasteiger partial charge in [0.05, 0.1) is 5.69 Å². The number of aryl methyl sites for hydroxylation is 1. The monoisotopic (exact) mass is 240 g/mol. The average Bonchev–Trinajstić information content (AvgIpc) is 2.88. The Kier molecular flexibility index (Phi) is 3.53. The molecule has 92 valence electrons. The average molecular weight is 240 g/mol. The summed E-state index contributed by atoms with van der Waals surface area (Å²) in [5.41, 5.74) is 1.59. The summed E-state index contributed by atoms with van der Waals surface area (Å²) in [6.07, 6.45) is 3.33. The van der Waals surface area contributed by atoms with Crippen LogP contribution in [0.15, 0.2) is 30.6 Å². The predicted molar refractivity (Wildman–Crippen MR) is 59.4 cm³/mol. The summed E-state index contributed by atoms with van der Waals surface area (Å²) in [7, 11) is 1.94. The molecule has 0 spiro atoms. The minimum Gasteiger partial charge on any atom is -0.353 e. The summed E-state index contributed by atoms with van der Waals surface area (Å²) >= 11 is 0. The lowest BCUT2D eigenvalue weighted by Gasteiger charge is -2.08. The molecule has 0 amide bonds. The van der Waals surface area contributed by atoms with Gasteiger partial charge in [-0.2, -0.15) is 13.9 Å². The largest absolute Gasteiger partial charge is 0.353 e. The number of nitrogens with zero attached hydrogens (tertiary/aromatic N) is 3. The molecule has 4 nitrogen and oxygen atoms in total. The third kappa shape index (κ3) is 2.71. The Balaban J connectivity index is 1.90. The quantitative estimate of drug-likeness (QED) is 0.866. The molecule has 0 aliphatic carbocycles. The molecule has 0 saturated heterocycles. The third-order valence-corrected chi connectivity index (χ3v) is 2.60. The van der Waals surface area contributed by atoms with Gasteiger partial charge in [0, 0.05) is 38.2 Å². The van der Waals surface area contributed by atoms with Crippen molar-refractivity contribution >= 4 is 0 Å². The molecule has 0 fully saturated rings. The van der Waals surface area contributed by atoms with Crippen LogP contribution in [0.4, 0.5) is 8.78 Å². The van der Waals surface area contributed by atoms with Gasteiger partial charge in [0.2, 0.25) is 0 Å². The first-order chi connectivity index (χ1) is 8.18. The Hall–Kier alpha value is -1.69. The van der Waals surface area contributed by atoms with Crippen molar-refractivity contribution in [3.63, 3.8) is 0 Å². The molecular weight excluding hydrogens is 226 g/mol. The van der Waals surface area contributed by atoms with E-state index in [0.717, 1.165) is 10.4 Å². The van der Waals surface area contributed by atoms with E-state index >= 15 is 0 Å². The van der Waals surface area contributed by atoms with Crippen molar-refractivity contribution in [2.45, 2.75) is 19.6 Å². The number of halogens is 2. The van der Waals surface area contributed by atoms with E-state index in [2.05, 4.69) is 10.4 Å². The fourth-order valence-electron chi connectivity index (χ4n) is 1.66. The topological polar surface area (TPSA) is 34.8 Å². The summed E-state index contributed by atoms with van der Waals surface area (Å²) in [6.45, 7) is -1.58. The lowest BCUT2D eigenvalue weighted by atomic mass is 10.4. The van der Waals surface area contributed by atoms with Crippen molar-refractivity contribution in [1.82, 2.24) is 19.7 Å². The van der Waals surface area contributed by atoms with E-state index in [1.54, 1.807) is 6.07 Å². The zero-order chi connectivity index (χ0) is 12.3. The Morgan fingerprint density at radius 2 is 2.06 bits per heavy atom. The van der Waals surface area contributed by atoms with E-state index in [1.807, 2.05) is 29.9 Å². The second kappa shape index (κ2) is 5.09. The maximum absolute atomic E-state index is 12.5. The van der Waals surface area contributed by atoms with Crippen molar-refractivity contribution in [2.75, 3.05) is 0 Å². The van der Waals surface area contributed by atoms with Crippen molar-refractivity contribution in [3.8, 4) is 0 Å². The second-order valence-corrected chi connectivity index (χ2v) is 3.76. The van der Waals surface area contributed by atoms with Crippen LogP contribution in [0.2, 0.25) is 0 Å². The van der Waals surface area contributed by atoms with E-state index in [1.165, 1.54) is 6.20 Å². The molecular formula is C11H14F2N4. The minimum absolute atomic E-state index is 0.371. The molecule has 0 unspecified atom stereocenters. The number of aromatic nitrogens is 3. The third-order valence-electron chi connectivity index (χ3n) is 2.60. The van der Waals surface area contributed by atoms with Crippen LogP contribution in [-0.2, 0) is 20.1 Å². The van der Waals surface area contributed by atoms with Crippen LogP contribution in [0.5, 0.6) is 0 Å². The number of nitrogens with one attached hydrogen (secondary N) is 1. The first-order valence-corrected chi connectivity index (χ1v) is 5.30. The molecule has 1 N–H and O–H groups in total. The summed E-state index contributed by atoms with van der Waals surface area (Å²) in [5, 5.41) is 6.68. The highest BCUT2D eigenvalue weighted by Crippen LogP contribution is 2.11. The molecule has 17 heavy (non-hydrogen) atoms. The molecule has 2 heterocycles. The van der Waals surface area contributed by atoms with Gasteiger partial charge >= 0.3 is 6.55 Å². The highest BCUT2D eigenvalue weighted by Gasteiger charge is 2.10.